The van der Waals surface area contributed by atoms with Gasteiger partial charge in [0.1, 0.15) is 0 Å². The molecule has 0 aliphatic heterocycles. The van der Waals surface area contributed by atoms with Crippen LogP contribution in [0.4, 0.5) is 0 Å². The van der Waals surface area contributed by atoms with Crippen LogP contribution in [0.25, 0.3) is 5.57 Å². The fourth-order valence-electron chi connectivity index (χ4n) is 1.74. The van der Waals surface area contributed by atoms with Crippen LogP contribution in [0.2, 0.25) is 0 Å². The fourth-order valence-corrected chi connectivity index (χ4v) is 1.74. The van der Waals surface area contributed by atoms with E-state index in [2.05, 4.69) is 82.5 Å². The van der Waals surface area contributed by atoms with Gasteiger partial charge in [0, 0.05) is 0 Å². The van der Waals surface area contributed by atoms with E-state index in [-0.39, 0.29) is 0 Å². The van der Waals surface area contributed by atoms with Gasteiger partial charge >= 0.3 is 0 Å². The van der Waals surface area contributed by atoms with Crippen LogP contribution in [-0.4, -0.2) is 0 Å². The Labute approximate surface area is 135 Å². The van der Waals surface area contributed by atoms with Crippen molar-refractivity contribution < 1.29 is 0 Å². The van der Waals surface area contributed by atoms with Gasteiger partial charge in [-0.25, -0.2) is 0 Å². The summed E-state index contributed by atoms with van der Waals surface area (Å²) < 4.78 is 0. The van der Waals surface area contributed by atoms with Crippen molar-refractivity contribution in [3.8, 4) is 0 Å². The first-order chi connectivity index (χ1) is 10.4. The molecule has 0 saturated heterocycles. The molecule has 0 amide bonds. The zero-order chi connectivity index (χ0) is 16.5. The largest absolute Gasteiger partial charge is 0.0961 e. The van der Waals surface area contributed by atoms with Crippen LogP contribution in [-0.2, 0) is 0 Å². The van der Waals surface area contributed by atoms with Crippen LogP contribution in [0, 0.1) is 20.8 Å². The Morgan fingerprint density at radius 3 is 1.41 bits per heavy atom. The summed E-state index contributed by atoms with van der Waals surface area (Å²) in [6, 6.07) is 16.8. The van der Waals surface area contributed by atoms with Crippen molar-refractivity contribution in [2.75, 3.05) is 0 Å². The average Bonchev–Trinajstić information content (AvgIpc) is 2.49. The Morgan fingerprint density at radius 2 is 1.05 bits per heavy atom. The van der Waals surface area contributed by atoms with Crippen molar-refractivity contribution in [3.05, 3.63) is 102 Å². The Kier molecular flexibility index (Phi) is 7.12. The maximum absolute atomic E-state index is 4.00. The van der Waals surface area contributed by atoms with Crippen LogP contribution in [0.15, 0.2) is 79.4 Å². The van der Waals surface area contributed by atoms with Gasteiger partial charge in [-0.1, -0.05) is 96.1 Å². The highest BCUT2D eigenvalue weighted by Gasteiger charge is 1.93. The maximum atomic E-state index is 4.00. The van der Waals surface area contributed by atoms with Gasteiger partial charge in [0.15, 0.2) is 0 Å². The van der Waals surface area contributed by atoms with E-state index >= 15 is 0 Å². The monoisotopic (exact) mass is 290 g/mol. The summed E-state index contributed by atoms with van der Waals surface area (Å²) in [5.74, 6) is 0. The van der Waals surface area contributed by atoms with Gasteiger partial charge < -0.3 is 0 Å². The molecule has 0 aliphatic rings. The molecule has 0 aliphatic carbocycles. The molecular formula is C22H26. The van der Waals surface area contributed by atoms with E-state index in [1.165, 1.54) is 16.7 Å². The molecule has 0 heterocycles. The SMILES string of the molecule is C=C(C)/C=C\C(=C)c1ccc(C)cc1.Cc1ccc(C)cc1. The molecule has 0 saturated carbocycles. The molecule has 0 N–H and O–H groups in total. The van der Waals surface area contributed by atoms with Crippen LogP contribution < -0.4 is 0 Å². The normalized spacial score (nSPS) is 10.0. The fraction of sp³-hybridized carbons (Fsp3) is 0.182. The molecule has 0 radical (unpaired) electrons. The van der Waals surface area contributed by atoms with E-state index in [4.69, 9.17) is 0 Å². The van der Waals surface area contributed by atoms with Crippen molar-refractivity contribution in [1.29, 1.82) is 0 Å². The molecule has 2 rings (SSSR count). The highest BCUT2D eigenvalue weighted by molar-refractivity contribution is 5.72. The Hall–Kier alpha value is -2.34. The molecule has 0 aromatic heterocycles. The Morgan fingerprint density at radius 1 is 0.682 bits per heavy atom. The molecule has 0 nitrogen and oxygen atoms in total. The van der Waals surface area contributed by atoms with Crippen molar-refractivity contribution in [3.63, 3.8) is 0 Å². The minimum Gasteiger partial charge on any atom is -0.0961 e. The van der Waals surface area contributed by atoms with Crippen molar-refractivity contribution in [2.45, 2.75) is 27.7 Å². The molecule has 0 heteroatoms. The minimum absolute atomic E-state index is 1.02. The number of hydrogen-bond acceptors (Lipinski definition) is 0. The summed E-state index contributed by atoms with van der Waals surface area (Å²) in [6.07, 6.45) is 3.97. The summed E-state index contributed by atoms with van der Waals surface area (Å²) >= 11 is 0. The van der Waals surface area contributed by atoms with Gasteiger partial charge in [-0.3, -0.25) is 0 Å². The van der Waals surface area contributed by atoms with Crippen LogP contribution in [0.3, 0.4) is 0 Å². The zero-order valence-electron chi connectivity index (χ0n) is 14.2. The highest BCUT2D eigenvalue weighted by Crippen LogP contribution is 2.14. The second kappa shape index (κ2) is 8.84. The summed E-state index contributed by atoms with van der Waals surface area (Å²) in [7, 11) is 0. The molecule has 2 aromatic carbocycles. The molecular weight excluding hydrogens is 264 g/mol. The molecule has 22 heavy (non-hydrogen) atoms. The zero-order valence-corrected chi connectivity index (χ0v) is 14.2. The molecule has 0 spiro atoms. The third kappa shape index (κ3) is 6.90. The van der Waals surface area contributed by atoms with E-state index in [1.807, 2.05) is 19.1 Å². The van der Waals surface area contributed by atoms with Gasteiger partial charge in [0.25, 0.3) is 0 Å². The average molecular weight is 290 g/mol. The summed E-state index contributed by atoms with van der Waals surface area (Å²) in [6.45, 7) is 16.0. The van der Waals surface area contributed by atoms with E-state index in [9.17, 15) is 0 Å². The number of hydrogen-bond donors (Lipinski definition) is 0. The molecule has 0 atom stereocenters. The third-order valence-electron chi connectivity index (χ3n) is 3.21. The smallest absolute Gasteiger partial charge is 0.0190 e. The Balaban J connectivity index is 0.000000255. The van der Waals surface area contributed by atoms with Crippen molar-refractivity contribution >= 4 is 5.57 Å². The first-order valence-electron chi connectivity index (χ1n) is 7.51. The van der Waals surface area contributed by atoms with E-state index in [1.54, 1.807) is 0 Å². The minimum atomic E-state index is 1.02. The van der Waals surface area contributed by atoms with E-state index in [0.717, 1.165) is 16.7 Å². The molecule has 0 unspecified atom stereocenters. The van der Waals surface area contributed by atoms with E-state index in [0.29, 0.717) is 0 Å². The number of allylic oxidation sites excluding steroid dienone is 4. The molecule has 0 bridgehead atoms. The lowest BCUT2D eigenvalue weighted by atomic mass is 10.1. The highest BCUT2D eigenvalue weighted by atomic mass is 14.0. The van der Waals surface area contributed by atoms with Crippen molar-refractivity contribution in [1.82, 2.24) is 0 Å². The van der Waals surface area contributed by atoms with Gasteiger partial charge in [0.05, 0.1) is 0 Å². The van der Waals surface area contributed by atoms with Crippen LogP contribution in [0.5, 0.6) is 0 Å². The van der Waals surface area contributed by atoms with E-state index < -0.39 is 0 Å². The second-order valence-electron chi connectivity index (χ2n) is 5.73. The van der Waals surface area contributed by atoms with Crippen molar-refractivity contribution in [2.24, 2.45) is 0 Å². The van der Waals surface area contributed by atoms with Gasteiger partial charge in [0.2, 0.25) is 0 Å². The number of benzene rings is 2. The Bertz CT molecular complexity index is 616. The predicted molar refractivity (Wildman–Crippen MR) is 100 cm³/mol. The summed E-state index contributed by atoms with van der Waals surface area (Å²) in [5.41, 5.74) is 7.15. The number of aryl methyl sites for hydroxylation is 3. The van der Waals surface area contributed by atoms with Crippen LogP contribution in [0.1, 0.15) is 29.2 Å². The lowest BCUT2D eigenvalue weighted by Gasteiger charge is -2.00. The van der Waals surface area contributed by atoms with Gasteiger partial charge in [-0.15, -0.1) is 0 Å². The lowest BCUT2D eigenvalue weighted by Crippen LogP contribution is -1.79. The van der Waals surface area contributed by atoms with Gasteiger partial charge in [-0.2, -0.15) is 0 Å². The molecule has 2 aromatic rings. The lowest BCUT2D eigenvalue weighted by molar-refractivity contribution is 1.40. The maximum Gasteiger partial charge on any atom is -0.0190 e. The van der Waals surface area contributed by atoms with Crippen LogP contribution >= 0.6 is 0 Å². The topological polar surface area (TPSA) is 0 Å². The summed E-state index contributed by atoms with van der Waals surface area (Å²) in [5, 5.41) is 0. The first-order valence-corrected chi connectivity index (χ1v) is 7.51. The quantitative estimate of drug-likeness (QED) is 0.570. The molecule has 114 valence electrons. The summed E-state index contributed by atoms with van der Waals surface area (Å²) in [4.78, 5) is 0. The standard InChI is InChI=1S/C14H16.C8H10/c1-11(2)5-8-13(4)14-9-6-12(3)7-10-14;1-7-3-5-8(2)6-4-7/h5-10H,1,4H2,2-3H3;3-6H,1-2H3/b8-5-;. The van der Waals surface area contributed by atoms with Gasteiger partial charge in [-0.05, 0) is 38.8 Å². The third-order valence-corrected chi connectivity index (χ3v) is 3.21. The second-order valence-corrected chi connectivity index (χ2v) is 5.73. The predicted octanol–water partition coefficient (Wildman–Crippen LogP) is 6.44. The first kappa shape index (κ1) is 17.7. The number of rotatable bonds is 3. The molecule has 0 fully saturated rings.